The van der Waals surface area contributed by atoms with Gasteiger partial charge in [-0.2, -0.15) is 0 Å². The predicted molar refractivity (Wildman–Crippen MR) is 68.0 cm³/mol. The van der Waals surface area contributed by atoms with Crippen molar-refractivity contribution in [3.8, 4) is 0 Å². The first-order valence-corrected chi connectivity index (χ1v) is 6.02. The second-order valence-corrected chi connectivity index (χ2v) is 4.59. The van der Waals surface area contributed by atoms with Crippen molar-refractivity contribution in [2.45, 2.75) is 26.3 Å². The zero-order valence-corrected chi connectivity index (χ0v) is 11.0. The molecule has 88 valence electrons. The van der Waals surface area contributed by atoms with Crippen molar-refractivity contribution in [2.75, 3.05) is 5.32 Å². The summed E-state index contributed by atoms with van der Waals surface area (Å²) in [5.41, 5.74) is 5.81. The fourth-order valence-corrected chi connectivity index (χ4v) is 1.54. The lowest BCUT2D eigenvalue weighted by molar-refractivity contribution is -0.118. The number of rotatable bonds is 4. The Bertz CT molecular complexity index is 370. The first-order valence-electron chi connectivity index (χ1n) is 5.23. The molecule has 1 heterocycles. The minimum Gasteiger partial charge on any atom is -0.320 e. The van der Waals surface area contributed by atoms with Crippen LogP contribution in [0, 0.1) is 5.92 Å². The van der Waals surface area contributed by atoms with Crippen LogP contribution in [-0.2, 0) is 4.79 Å². The van der Waals surface area contributed by atoms with Gasteiger partial charge in [0.25, 0.3) is 0 Å². The molecule has 0 unspecified atom stereocenters. The van der Waals surface area contributed by atoms with Crippen LogP contribution in [0.4, 0.5) is 5.82 Å². The smallest absolute Gasteiger partial charge is 0.242 e. The molecule has 16 heavy (non-hydrogen) atoms. The Morgan fingerprint density at radius 3 is 2.94 bits per heavy atom. The van der Waals surface area contributed by atoms with Gasteiger partial charge in [0, 0.05) is 6.20 Å². The maximum Gasteiger partial charge on any atom is 0.242 e. The minimum atomic E-state index is -0.501. The highest BCUT2D eigenvalue weighted by molar-refractivity contribution is 9.10. The van der Waals surface area contributed by atoms with Crippen LogP contribution in [0.5, 0.6) is 0 Å². The van der Waals surface area contributed by atoms with Gasteiger partial charge in [-0.3, -0.25) is 4.79 Å². The molecule has 0 radical (unpaired) electrons. The number of carbonyl (C=O) groups is 1. The number of aromatic nitrogens is 1. The molecule has 0 aliphatic carbocycles. The Balaban J connectivity index is 2.68. The number of hydrogen-bond acceptors (Lipinski definition) is 3. The quantitative estimate of drug-likeness (QED) is 0.891. The maximum absolute atomic E-state index is 11.8. The summed E-state index contributed by atoms with van der Waals surface area (Å²) in [7, 11) is 0. The van der Waals surface area contributed by atoms with Crippen molar-refractivity contribution in [2.24, 2.45) is 11.7 Å². The molecule has 2 atom stereocenters. The average Bonchev–Trinajstić information content (AvgIpc) is 2.30. The molecule has 0 saturated carbocycles. The lowest BCUT2D eigenvalue weighted by Crippen LogP contribution is -2.40. The Morgan fingerprint density at radius 2 is 2.38 bits per heavy atom. The van der Waals surface area contributed by atoms with Gasteiger partial charge in [-0.15, -0.1) is 0 Å². The van der Waals surface area contributed by atoms with E-state index in [1.54, 1.807) is 12.3 Å². The van der Waals surface area contributed by atoms with Gasteiger partial charge >= 0.3 is 0 Å². The molecule has 0 spiro atoms. The second kappa shape index (κ2) is 5.96. The fraction of sp³-hybridized carbons (Fsp3) is 0.455. The molecular weight excluding hydrogens is 270 g/mol. The topological polar surface area (TPSA) is 68.0 Å². The van der Waals surface area contributed by atoms with E-state index in [9.17, 15) is 4.79 Å². The van der Waals surface area contributed by atoms with Crippen LogP contribution < -0.4 is 11.1 Å². The number of nitrogens with two attached hydrogens (primary N) is 1. The van der Waals surface area contributed by atoms with E-state index in [0.29, 0.717) is 5.82 Å². The van der Waals surface area contributed by atoms with Crippen LogP contribution in [0.3, 0.4) is 0 Å². The number of pyridine rings is 1. The van der Waals surface area contributed by atoms with Crippen LogP contribution in [0.2, 0.25) is 0 Å². The first kappa shape index (κ1) is 13.1. The predicted octanol–water partition coefficient (Wildman–Crippen LogP) is 2.16. The highest BCUT2D eigenvalue weighted by Crippen LogP contribution is 2.19. The van der Waals surface area contributed by atoms with Gasteiger partial charge in [0.2, 0.25) is 5.91 Å². The van der Waals surface area contributed by atoms with E-state index in [-0.39, 0.29) is 11.8 Å². The number of halogens is 1. The molecule has 5 heteroatoms. The summed E-state index contributed by atoms with van der Waals surface area (Å²) in [5, 5.41) is 2.70. The second-order valence-electron chi connectivity index (χ2n) is 3.73. The fourth-order valence-electron chi connectivity index (χ4n) is 1.19. The van der Waals surface area contributed by atoms with Crippen LogP contribution in [0.1, 0.15) is 20.3 Å². The summed E-state index contributed by atoms with van der Waals surface area (Å²) in [6.07, 6.45) is 2.49. The van der Waals surface area contributed by atoms with E-state index in [0.717, 1.165) is 10.9 Å². The summed E-state index contributed by atoms with van der Waals surface area (Å²) in [6.45, 7) is 3.96. The molecule has 1 aromatic heterocycles. The summed E-state index contributed by atoms with van der Waals surface area (Å²) in [4.78, 5) is 15.8. The van der Waals surface area contributed by atoms with E-state index in [4.69, 9.17) is 5.73 Å². The molecule has 3 N–H and O–H groups in total. The Kier molecular flexibility index (Phi) is 4.89. The lowest BCUT2D eigenvalue weighted by atomic mass is 9.99. The van der Waals surface area contributed by atoms with E-state index in [1.807, 2.05) is 19.9 Å². The number of nitrogens with zero attached hydrogens (tertiary/aromatic N) is 1. The molecule has 0 aliphatic rings. The summed E-state index contributed by atoms with van der Waals surface area (Å²) in [5.74, 6) is 0.461. The van der Waals surface area contributed by atoms with Crippen molar-refractivity contribution in [3.63, 3.8) is 0 Å². The Morgan fingerprint density at radius 1 is 1.69 bits per heavy atom. The first-order chi connectivity index (χ1) is 7.56. The van der Waals surface area contributed by atoms with E-state index in [2.05, 4.69) is 26.2 Å². The van der Waals surface area contributed by atoms with Gasteiger partial charge in [-0.25, -0.2) is 4.98 Å². The average molecular weight is 286 g/mol. The Labute approximate surface area is 104 Å². The van der Waals surface area contributed by atoms with Crippen LogP contribution in [0.25, 0.3) is 0 Å². The van der Waals surface area contributed by atoms with E-state index < -0.39 is 6.04 Å². The normalized spacial score (nSPS) is 14.2. The third-order valence-electron chi connectivity index (χ3n) is 2.56. The molecule has 1 amide bonds. The van der Waals surface area contributed by atoms with Crippen molar-refractivity contribution < 1.29 is 4.79 Å². The van der Waals surface area contributed by atoms with Crippen LogP contribution >= 0.6 is 15.9 Å². The highest BCUT2D eigenvalue weighted by atomic mass is 79.9. The van der Waals surface area contributed by atoms with Crippen molar-refractivity contribution >= 4 is 27.7 Å². The number of hydrogen-bond donors (Lipinski definition) is 2. The monoisotopic (exact) mass is 285 g/mol. The van der Waals surface area contributed by atoms with Crippen molar-refractivity contribution in [1.82, 2.24) is 4.98 Å². The van der Waals surface area contributed by atoms with E-state index >= 15 is 0 Å². The van der Waals surface area contributed by atoms with Gasteiger partial charge in [-0.1, -0.05) is 20.3 Å². The molecule has 1 aromatic rings. The molecule has 0 fully saturated rings. The van der Waals surface area contributed by atoms with E-state index in [1.165, 1.54) is 0 Å². The molecule has 4 nitrogen and oxygen atoms in total. The number of carbonyl (C=O) groups excluding carboxylic acids is 1. The van der Waals surface area contributed by atoms with Crippen molar-refractivity contribution in [1.29, 1.82) is 0 Å². The lowest BCUT2D eigenvalue weighted by Gasteiger charge is -2.17. The summed E-state index contributed by atoms with van der Waals surface area (Å²) in [6, 6.07) is 3.10. The maximum atomic E-state index is 11.8. The molecule has 1 rings (SSSR count). The van der Waals surface area contributed by atoms with Gasteiger partial charge in [0.15, 0.2) is 0 Å². The van der Waals surface area contributed by atoms with Crippen molar-refractivity contribution in [3.05, 3.63) is 22.8 Å². The minimum absolute atomic E-state index is 0.155. The largest absolute Gasteiger partial charge is 0.320 e. The SMILES string of the molecule is CC[C@H](C)[C@H](N)C(=O)Nc1ncccc1Br. The number of anilines is 1. The molecular formula is C11H16BrN3O. The molecule has 0 aromatic carbocycles. The van der Waals surface area contributed by atoms with Gasteiger partial charge in [0.1, 0.15) is 5.82 Å². The Hall–Kier alpha value is -0.940. The molecule has 0 aliphatic heterocycles. The summed E-state index contributed by atoms with van der Waals surface area (Å²) >= 11 is 3.31. The zero-order valence-electron chi connectivity index (χ0n) is 9.40. The zero-order chi connectivity index (χ0) is 12.1. The third-order valence-corrected chi connectivity index (χ3v) is 3.20. The molecule has 0 bridgehead atoms. The third kappa shape index (κ3) is 3.28. The van der Waals surface area contributed by atoms with Crippen LogP contribution in [0.15, 0.2) is 22.8 Å². The highest BCUT2D eigenvalue weighted by Gasteiger charge is 2.20. The van der Waals surface area contributed by atoms with Crippen LogP contribution in [-0.4, -0.2) is 16.9 Å². The number of nitrogens with one attached hydrogen (secondary N) is 1. The van der Waals surface area contributed by atoms with Gasteiger partial charge in [-0.05, 0) is 34.0 Å². The molecule has 0 saturated heterocycles. The summed E-state index contributed by atoms with van der Waals surface area (Å²) < 4.78 is 0.750. The van der Waals surface area contributed by atoms with Gasteiger partial charge in [0.05, 0.1) is 10.5 Å². The number of amides is 1. The van der Waals surface area contributed by atoms with Gasteiger partial charge < -0.3 is 11.1 Å². The standard InChI is InChI=1S/C11H16BrN3O/c1-3-7(2)9(13)11(16)15-10-8(12)5-4-6-14-10/h4-7,9H,3,13H2,1-2H3,(H,14,15,16)/t7-,9-/m0/s1.